The molecule has 0 aliphatic heterocycles. The standard InChI is InChI=1S/C13H20FNO2.ClH/c1-8(2)3-5-12(17)13(15)10-7-9(14)4-6-11(10)16;/h4,6-8,12-13,16-17H,3,5,15H2,1-2H3;1H/t12-,13+;/m0./s1. The first-order valence-electron chi connectivity index (χ1n) is 5.84. The topological polar surface area (TPSA) is 66.5 Å². The van der Waals surface area contributed by atoms with Gasteiger partial charge in [-0.3, -0.25) is 0 Å². The largest absolute Gasteiger partial charge is 0.508 e. The van der Waals surface area contributed by atoms with Gasteiger partial charge >= 0.3 is 0 Å². The molecule has 0 aliphatic carbocycles. The molecule has 0 heterocycles. The number of hydrogen-bond donors (Lipinski definition) is 3. The monoisotopic (exact) mass is 277 g/mol. The normalized spacial score (nSPS) is 14.1. The van der Waals surface area contributed by atoms with Crippen LogP contribution in [0.2, 0.25) is 0 Å². The van der Waals surface area contributed by atoms with Crippen molar-refractivity contribution in [2.24, 2.45) is 11.7 Å². The molecular formula is C13H21ClFNO2. The maximum absolute atomic E-state index is 13.0. The molecule has 0 spiro atoms. The van der Waals surface area contributed by atoms with Gasteiger partial charge in [-0.2, -0.15) is 0 Å². The number of rotatable bonds is 5. The number of aliphatic hydroxyl groups is 1. The van der Waals surface area contributed by atoms with Crippen molar-refractivity contribution in [3.63, 3.8) is 0 Å². The second-order valence-corrected chi connectivity index (χ2v) is 4.77. The fourth-order valence-electron chi connectivity index (χ4n) is 1.68. The van der Waals surface area contributed by atoms with Crippen LogP contribution in [0.1, 0.15) is 38.3 Å². The molecule has 18 heavy (non-hydrogen) atoms. The summed E-state index contributed by atoms with van der Waals surface area (Å²) in [5.41, 5.74) is 6.07. The van der Waals surface area contributed by atoms with E-state index in [1.54, 1.807) is 0 Å². The summed E-state index contributed by atoms with van der Waals surface area (Å²) in [6.07, 6.45) is 0.602. The number of phenolic OH excluding ortho intramolecular Hbond substituents is 1. The van der Waals surface area contributed by atoms with Crippen molar-refractivity contribution in [3.05, 3.63) is 29.6 Å². The van der Waals surface area contributed by atoms with Gasteiger partial charge in [-0.05, 0) is 37.0 Å². The number of halogens is 2. The second kappa shape index (κ2) is 7.56. The van der Waals surface area contributed by atoms with Gasteiger partial charge in [0.1, 0.15) is 11.6 Å². The molecule has 0 amide bonds. The number of benzene rings is 1. The molecule has 0 unspecified atom stereocenters. The van der Waals surface area contributed by atoms with Crippen LogP contribution in [-0.4, -0.2) is 16.3 Å². The minimum Gasteiger partial charge on any atom is -0.508 e. The van der Waals surface area contributed by atoms with E-state index >= 15 is 0 Å². The molecule has 0 radical (unpaired) electrons. The van der Waals surface area contributed by atoms with Crippen LogP contribution in [0.5, 0.6) is 5.75 Å². The average Bonchev–Trinajstić information content (AvgIpc) is 2.28. The average molecular weight is 278 g/mol. The van der Waals surface area contributed by atoms with Crippen LogP contribution in [0.4, 0.5) is 4.39 Å². The summed E-state index contributed by atoms with van der Waals surface area (Å²) in [4.78, 5) is 0. The Morgan fingerprint density at radius 1 is 1.28 bits per heavy atom. The van der Waals surface area contributed by atoms with Gasteiger partial charge in [0.15, 0.2) is 0 Å². The third-order valence-corrected chi connectivity index (χ3v) is 2.80. The predicted molar refractivity (Wildman–Crippen MR) is 72.3 cm³/mol. The Kier molecular flexibility index (Phi) is 7.21. The minimum atomic E-state index is -0.773. The Morgan fingerprint density at radius 3 is 2.44 bits per heavy atom. The van der Waals surface area contributed by atoms with E-state index < -0.39 is 18.0 Å². The summed E-state index contributed by atoms with van der Waals surface area (Å²) >= 11 is 0. The smallest absolute Gasteiger partial charge is 0.123 e. The van der Waals surface area contributed by atoms with E-state index in [1.165, 1.54) is 12.1 Å². The highest BCUT2D eigenvalue weighted by Crippen LogP contribution is 2.27. The molecule has 4 N–H and O–H groups in total. The van der Waals surface area contributed by atoms with Gasteiger partial charge in [-0.15, -0.1) is 12.4 Å². The van der Waals surface area contributed by atoms with Crippen LogP contribution >= 0.6 is 12.4 Å². The first kappa shape index (κ1) is 17.2. The lowest BCUT2D eigenvalue weighted by molar-refractivity contribution is 0.127. The van der Waals surface area contributed by atoms with Crippen LogP contribution in [0.15, 0.2) is 18.2 Å². The Morgan fingerprint density at radius 2 is 1.89 bits per heavy atom. The SMILES string of the molecule is CC(C)CC[C@H](O)[C@H](N)c1cc(F)ccc1O.Cl. The Bertz CT molecular complexity index is 374. The van der Waals surface area contributed by atoms with Gasteiger partial charge in [-0.1, -0.05) is 13.8 Å². The van der Waals surface area contributed by atoms with Crippen molar-refractivity contribution in [2.45, 2.75) is 38.8 Å². The molecule has 5 heteroatoms. The van der Waals surface area contributed by atoms with Gasteiger partial charge in [-0.25, -0.2) is 4.39 Å². The van der Waals surface area contributed by atoms with Gasteiger partial charge in [0.25, 0.3) is 0 Å². The molecule has 0 aromatic heterocycles. The first-order chi connectivity index (χ1) is 7.91. The molecular weight excluding hydrogens is 257 g/mol. The summed E-state index contributed by atoms with van der Waals surface area (Å²) < 4.78 is 13.0. The highest BCUT2D eigenvalue weighted by Gasteiger charge is 2.20. The number of phenols is 1. The third kappa shape index (κ3) is 4.80. The molecule has 0 bridgehead atoms. The van der Waals surface area contributed by atoms with Crippen molar-refractivity contribution in [1.29, 1.82) is 0 Å². The lowest BCUT2D eigenvalue weighted by atomic mass is 9.95. The highest BCUT2D eigenvalue weighted by molar-refractivity contribution is 5.85. The number of nitrogens with two attached hydrogens (primary N) is 1. The molecule has 0 aliphatic rings. The predicted octanol–water partition coefficient (Wildman–Crippen LogP) is 2.75. The van der Waals surface area contributed by atoms with E-state index in [0.29, 0.717) is 12.3 Å². The zero-order valence-electron chi connectivity index (χ0n) is 10.6. The lowest BCUT2D eigenvalue weighted by Crippen LogP contribution is -2.26. The second-order valence-electron chi connectivity index (χ2n) is 4.77. The van der Waals surface area contributed by atoms with Gasteiger partial charge in [0, 0.05) is 5.56 Å². The summed E-state index contributed by atoms with van der Waals surface area (Å²) in [5.74, 6) is -0.0789. The minimum absolute atomic E-state index is 0. The number of hydrogen-bond acceptors (Lipinski definition) is 3. The number of aromatic hydroxyl groups is 1. The van der Waals surface area contributed by atoms with E-state index in [9.17, 15) is 14.6 Å². The van der Waals surface area contributed by atoms with Crippen molar-refractivity contribution >= 4 is 12.4 Å². The molecule has 3 nitrogen and oxygen atoms in total. The van der Waals surface area contributed by atoms with E-state index in [1.807, 2.05) is 0 Å². The Balaban J connectivity index is 0.00000289. The van der Waals surface area contributed by atoms with Crippen LogP contribution in [0.25, 0.3) is 0 Å². The van der Waals surface area contributed by atoms with Gasteiger partial charge in [0.05, 0.1) is 12.1 Å². The van der Waals surface area contributed by atoms with Crippen LogP contribution in [-0.2, 0) is 0 Å². The van der Waals surface area contributed by atoms with Crippen molar-refractivity contribution < 1.29 is 14.6 Å². The summed E-state index contributed by atoms with van der Waals surface area (Å²) in [5, 5.41) is 19.5. The quantitative estimate of drug-likeness (QED) is 0.775. The van der Waals surface area contributed by atoms with Crippen LogP contribution in [0.3, 0.4) is 0 Å². The molecule has 0 saturated heterocycles. The van der Waals surface area contributed by atoms with Crippen LogP contribution < -0.4 is 5.73 Å². The Labute approximate surface area is 113 Å². The van der Waals surface area contributed by atoms with Crippen molar-refractivity contribution in [1.82, 2.24) is 0 Å². The van der Waals surface area contributed by atoms with E-state index in [4.69, 9.17) is 5.73 Å². The number of aliphatic hydroxyl groups excluding tert-OH is 1. The third-order valence-electron chi connectivity index (χ3n) is 2.80. The summed E-state index contributed by atoms with van der Waals surface area (Å²) in [7, 11) is 0. The summed E-state index contributed by atoms with van der Waals surface area (Å²) in [6, 6.07) is 2.81. The van der Waals surface area contributed by atoms with Crippen LogP contribution in [0, 0.1) is 11.7 Å². The van der Waals surface area contributed by atoms with Gasteiger partial charge in [0.2, 0.25) is 0 Å². The van der Waals surface area contributed by atoms with Crippen molar-refractivity contribution in [3.8, 4) is 5.75 Å². The zero-order valence-corrected chi connectivity index (χ0v) is 11.5. The fraction of sp³-hybridized carbons (Fsp3) is 0.538. The molecule has 0 saturated carbocycles. The maximum atomic E-state index is 13.0. The molecule has 0 fully saturated rings. The fourth-order valence-corrected chi connectivity index (χ4v) is 1.68. The maximum Gasteiger partial charge on any atom is 0.123 e. The molecule has 1 rings (SSSR count). The van der Waals surface area contributed by atoms with E-state index in [2.05, 4.69) is 13.8 Å². The molecule has 2 atom stereocenters. The van der Waals surface area contributed by atoms with E-state index in [0.717, 1.165) is 12.5 Å². The zero-order chi connectivity index (χ0) is 13.0. The van der Waals surface area contributed by atoms with Gasteiger partial charge < -0.3 is 15.9 Å². The first-order valence-corrected chi connectivity index (χ1v) is 5.84. The van der Waals surface area contributed by atoms with Crippen molar-refractivity contribution in [2.75, 3.05) is 0 Å². The van der Waals surface area contributed by atoms with E-state index in [-0.39, 0.29) is 23.7 Å². The molecule has 104 valence electrons. The molecule has 1 aromatic rings. The Hall–Kier alpha value is -0.840. The highest BCUT2D eigenvalue weighted by atomic mass is 35.5. The summed E-state index contributed by atoms with van der Waals surface area (Å²) in [6.45, 7) is 4.11. The lowest BCUT2D eigenvalue weighted by Gasteiger charge is -2.20. The molecule has 1 aromatic carbocycles.